The molecule has 4 rings (SSSR count). The van der Waals surface area contributed by atoms with Crippen LogP contribution in [0.4, 0.5) is 5.82 Å². The van der Waals surface area contributed by atoms with Gasteiger partial charge in [-0.3, -0.25) is 19.8 Å². The van der Waals surface area contributed by atoms with Crippen LogP contribution in [0.2, 0.25) is 5.02 Å². The van der Waals surface area contributed by atoms with Gasteiger partial charge < -0.3 is 0 Å². The Kier molecular flexibility index (Phi) is 4.61. The van der Waals surface area contributed by atoms with E-state index in [1.807, 2.05) is 24.3 Å². The summed E-state index contributed by atoms with van der Waals surface area (Å²) in [6.07, 6.45) is 4.77. The number of nitriles is 1. The number of nitrogens with zero attached hydrogens (tertiary/aromatic N) is 4. The normalized spacial score (nSPS) is 16.5. The van der Waals surface area contributed by atoms with Crippen LogP contribution in [0.5, 0.6) is 0 Å². The minimum Gasteiger partial charge on any atom is -0.295 e. The van der Waals surface area contributed by atoms with E-state index in [0.717, 1.165) is 23.2 Å². The number of pyridine rings is 1. The van der Waals surface area contributed by atoms with E-state index >= 15 is 0 Å². The molecule has 7 heteroatoms. The topological polar surface area (TPSA) is 85.7 Å². The lowest BCUT2D eigenvalue weighted by atomic mass is 9.97. The molecule has 0 bridgehead atoms. The second-order valence-corrected chi connectivity index (χ2v) is 6.89. The molecule has 2 aromatic heterocycles. The number of benzene rings is 1. The van der Waals surface area contributed by atoms with Crippen molar-refractivity contribution >= 4 is 23.3 Å². The van der Waals surface area contributed by atoms with Crippen LogP contribution in [-0.4, -0.2) is 27.6 Å². The van der Waals surface area contributed by atoms with Crippen LogP contribution in [-0.2, 0) is 11.2 Å². The first-order valence-corrected chi connectivity index (χ1v) is 8.99. The molecule has 134 valence electrons. The first-order valence-electron chi connectivity index (χ1n) is 8.61. The molecule has 3 heterocycles. The van der Waals surface area contributed by atoms with Crippen molar-refractivity contribution in [1.82, 2.24) is 15.2 Å². The zero-order valence-corrected chi connectivity index (χ0v) is 15.1. The second-order valence-electron chi connectivity index (χ2n) is 6.48. The molecule has 0 saturated carbocycles. The quantitative estimate of drug-likeness (QED) is 0.752. The molecule has 1 aliphatic rings. The summed E-state index contributed by atoms with van der Waals surface area (Å²) in [5.41, 5.74) is 3.19. The third-order valence-corrected chi connectivity index (χ3v) is 5.11. The number of amides is 1. The molecule has 3 aromatic rings. The third-order valence-electron chi connectivity index (χ3n) is 4.78. The molecule has 1 saturated heterocycles. The number of carbonyl (C=O) groups excluding carboxylic acids is 1. The van der Waals surface area contributed by atoms with Crippen LogP contribution in [0.1, 0.15) is 17.5 Å². The molecule has 0 radical (unpaired) electrons. The number of rotatable bonds is 4. The van der Waals surface area contributed by atoms with Crippen molar-refractivity contribution < 1.29 is 4.79 Å². The summed E-state index contributed by atoms with van der Waals surface area (Å²) in [7, 11) is 0. The predicted molar refractivity (Wildman–Crippen MR) is 102 cm³/mol. The van der Waals surface area contributed by atoms with Gasteiger partial charge in [-0.2, -0.15) is 10.4 Å². The van der Waals surface area contributed by atoms with Crippen molar-refractivity contribution in [1.29, 1.82) is 5.26 Å². The molecule has 6 nitrogen and oxygen atoms in total. The van der Waals surface area contributed by atoms with E-state index in [9.17, 15) is 4.79 Å². The van der Waals surface area contributed by atoms with E-state index in [4.69, 9.17) is 16.9 Å². The SMILES string of the molecule is N#Cc1cc(CC2CCN(c3cc(-c4ccncc4)[nH]n3)C2=O)ccc1Cl. The second kappa shape index (κ2) is 7.22. The molecule has 27 heavy (non-hydrogen) atoms. The van der Waals surface area contributed by atoms with Gasteiger partial charge >= 0.3 is 0 Å². The molecule has 1 amide bonds. The Balaban J connectivity index is 1.49. The summed E-state index contributed by atoms with van der Waals surface area (Å²) in [6.45, 7) is 0.628. The molecule has 1 N–H and O–H groups in total. The lowest BCUT2D eigenvalue weighted by Crippen LogP contribution is -2.28. The van der Waals surface area contributed by atoms with E-state index in [-0.39, 0.29) is 11.8 Å². The maximum atomic E-state index is 12.8. The summed E-state index contributed by atoms with van der Waals surface area (Å²) in [5.74, 6) is 0.554. The smallest absolute Gasteiger partial charge is 0.231 e. The monoisotopic (exact) mass is 377 g/mol. The lowest BCUT2D eigenvalue weighted by molar-refractivity contribution is -0.120. The van der Waals surface area contributed by atoms with Crippen molar-refractivity contribution in [2.75, 3.05) is 11.4 Å². The first kappa shape index (κ1) is 17.3. The standard InChI is InChI=1S/C20H16ClN5O/c21-17-2-1-13(10-16(17)12-22)9-15-5-8-26(20(15)27)19-11-18(24-25-19)14-3-6-23-7-4-14/h1-4,6-7,10-11,15H,5,8-9H2,(H,24,25). The van der Waals surface area contributed by atoms with Gasteiger partial charge in [0.2, 0.25) is 5.91 Å². The summed E-state index contributed by atoms with van der Waals surface area (Å²) in [4.78, 5) is 18.6. The summed E-state index contributed by atoms with van der Waals surface area (Å²) in [5, 5.41) is 16.8. The van der Waals surface area contributed by atoms with E-state index in [1.54, 1.807) is 29.4 Å². The number of anilines is 1. The molecule has 0 spiro atoms. The van der Waals surface area contributed by atoms with E-state index in [2.05, 4.69) is 21.3 Å². The van der Waals surface area contributed by atoms with Crippen LogP contribution in [0.15, 0.2) is 48.8 Å². The minimum absolute atomic E-state index is 0.0521. The molecular formula is C20H16ClN5O. The molecule has 0 aliphatic carbocycles. The van der Waals surface area contributed by atoms with Crippen LogP contribution in [0.25, 0.3) is 11.3 Å². The Labute approximate surface area is 161 Å². The number of aromatic amines is 1. The number of halogens is 1. The minimum atomic E-state index is -0.126. The molecule has 1 atom stereocenters. The van der Waals surface area contributed by atoms with Crippen LogP contribution in [0, 0.1) is 17.2 Å². The number of aromatic nitrogens is 3. The fraction of sp³-hybridized carbons (Fsp3) is 0.200. The molecule has 1 aromatic carbocycles. The van der Waals surface area contributed by atoms with Crippen LogP contribution >= 0.6 is 11.6 Å². The number of nitrogens with one attached hydrogen (secondary N) is 1. The third kappa shape index (κ3) is 3.42. The zero-order chi connectivity index (χ0) is 18.8. The average molecular weight is 378 g/mol. The first-order chi connectivity index (χ1) is 13.2. The van der Waals surface area contributed by atoms with Gasteiger partial charge in [-0.25, -0.2) is 0 Å². The molecular weight excluding hydrogens is 362 g/mol. The molecule has 1 unspecified atom stereocenters. The zero-order valence-electron chi connectivity index (χ0n) is 14.4. The highest BCUT2D eigenvalue weighted by Gasteiger charge is 2.33. The Morgan fingerprint density at radius 2 is 2.07 bits per heavy atom. The van der Waals surface area contributed by atoms with Gasteiger partial charge in [0.15, 0.2) is 5.82 Å². The average Bonchev–Trinajstić information content (AvgIpc) is 3.31. The summed E-state index contributed by atoms with van der Waals surface area (Å²) in [6, 6.07) is 13.1. The Hall–Kier alpha value is -3.17. The Morgan fingerprint density at radius 3 is 2.85 bits per heavy atom. The number of hydrogen-bond acceptors (Lipinski definition) is 4. The van der Waals surface area contributed by atoms with Gasteiger partial charge in [-0.15, -0.1) is 0 Å². The Bertz CT molecular complexity index is 1020. The van der Waals surface area contributed by atoms with Gasteiger partial charge in [0, 0.05) is 36.5 Å². The maximum Gasteiger partial charge on any atom is 0.231 e. The largest absolute Gasteiger partial charge is 0.295 e. The maximum absolute atomic E-state index is 12.8. The molecule has 1 aliphatic heterocycles. The van der Waals surface area contributed by atoms with Crippen molar-refractivity contribution in [2.24, 2.45) is 5.92 Å². The predicted octanol–water partition coefficient (Wildman–Crippen LogP) is 3.59. The van der Waals surface area contributed by atoms with Gasteiger partial charge in [-0.1, -0.05) is 17.7 Å². The van der Waals surface area contributed by atoms with E-state index in [1.165, 1.54) is 0 Å². The van der Waals surface area contributed by atoms with Crippen molar-refractivity contribution in [3.8, 4) is 17.3 Å². The van der Waals surface area contributed by atoms with E-state index < -0.39 is 0 Å². The van der Waals surface area contributed by atoms with Gasteiger partial charge in [0.25, 0.3) is 0 Å². The molecule has 1 fully saturated rings. The highest BCUT2D eigenvalue weighted by atomic mass is 35.5. The van der Waals surface area contributed by atoms with Crippen molar-refractivity contribution in [2.45, 2.75) is 12.8 Å². The van der Waals surface area contributed by atoms with Gasteiger partial charge in [0.05, 0.1) is 16.3 Å². The van der Waals surface area contributed by atoms with Crippen LogP contribution in [0.3, 0.4) is 0 Å². The number of hydrogen-bond donors (Lipinski definition) is 1. The highest BCUT2D eigenvalue weighted by molar-refractivity contribution is 6.31. The van der Waals surface area contributed by atoms with Crippen molar-refractivity contribution in [3.05, 3.63) is 64.9 Å². The summed E-state index contributed by atoms with van der Waals surface area (Å²) >= 11 is 5.98. The lowest BCUT2D eigenvalue weighted by Gasteiger charge is -2.13. The fourth-order valence-electron chi connectivity index (χ4n) is 3.35. The summed E-state index contributed by atoms with van der Waals surface area (Å²) < 4.78 is 0. The number of H-pyrrole nitrogens is 1. The Morgan fingerprint density at radius 1 is 1.26 bits per heavy atom. The van der Waals surface area contributed by atoms with Crippen molar-refractivity contribution in [3.63, 3.8) is 0 Å². The highest BCUT2D eigenvalue weighted by Crippen LogP contribution is 2.29. The van der Waals surface area contributed by atoms with Crippen LogP contribution < -0.4 is 4.90 Å². The fourth-order valence-corrected chi connectivity index (χ4v) is 3.51. The van der Waals surface area contributed by atoms with E-state index in [0.29, 0.717) is 29.4 Å². The van der Waals surface area contributed by atoms with Gasteiger partial charge in [-0.05, 0) is 42.7 Å². The van der Waals surface area contributed by atoms with Gasteiger partial charge in [0.1, 0.15) is 6.07 Å². The number of carbonyl (C=O) groups is 1.